The maximum atomic E-state index is 12.5. The van der Waals surface area contributed by atoms with Gasteiger partial charge in [-0.1, -0.05) is 24.6 Å². The molecule has 1 aromatic carbocycles. The van der Waals surface area contributed by atoms with Crippen molar-refractivity contribution in [1.29, 1.82) is 0 Å². The van der Waals surface area contributed by atoms with E-state index in [1.165, 1.54) is 10.6 Å². The summed E-state index contributed by atoms with van der Waals surface area (Å²) >= 11 is 0. The minimum absolute atomic E-state index is 0.216. The first-order valence-corrected chi connectivity index (χ1v) is 9.54. The summed E-state index contributed by atoms with van der Waals surface area (Å²) in [6.07, 6.45) is 2.98. The van der Waals surface area contributed by atoms with Gasteiger partial charge in [-0.3, -0.25) is 9.10 Å². The first-order valence-electron chi connectivity index (χ1n) is 7.69. The molecule has 1 atom stereocenters. The molecule has 1 N–H and O–H groups in total. The lowest BCUT2D eigenvalue weighted by molar-refractivity contribution is -0.122. The number of sulfonamides is 1. The lowest BCUT2D eigenvalue weighted by atomic mass is 10.1. The van der Waals surface area contributed by atoms with Crippen molar-refractivity contribution in [3.63, 3.8) is 0 Å². The fourth-order valence-electron chi connectivity index (χ4n) is 2.46. The van der Waals surface area contributed by atoms with Crippen LogP contribution < -0.4 is 9.62 Å². The molecule has 1 heterocycles. The van der Waals surface area contributed by atoms with Gasteiger partial charge in [0, 0.05) is 0 Å². The number of furan rings is 1. The molecule has 2 rings (SSSR count). The van der Waals surface area contributed by atoms with Crippen LogP contribution in [0, 0.1) is 6.92 Å². The molecule has 1 amide bonds. The van der Waals surface area contributed by atoms with Gasteiger partial charge in [-0.2, -0.15) is 0 Å². The van der Waals surface area contributed by atoms with Crippen LogP contribution in [0.1, 0.15) is 24.7 Å². The van der Waals surface area contributed by atoms with Crippen molar-refractivity contribution < 1.29 is 17.6 Å². The quantitative estimate of drug-likeness (QED) is 0.832. The highest BCUT2D eigenvalue weighted by molar-refractivity contribution is 7.92. The number of hydrogen-bond donors (Lipinski definition) is 1. The molecule has 0 fully saturated rings. The van der Waals surface area contributed by atoms with E-state index < -0.39 is 16.1 Å². The number of amides is 1. The predicted molar refractivity (Wildman–Crippen MR) is 93.1 cm³/mol. The molecule has 1 unspecified atom stereocenters. The number of carbonyl (C=O) groups is 1. The van der Waals surface area contributed by atoms with Crippen LogP contribution in [0.3, 0.4) is 0 Å². The smallest absolute Gasteiger partial charge is 0.244 e. The zero-order valence-electron chi connectivity index (χ0n) is 14.0. The van der Waals surface area contributed by atoms with E-state index in [1.807, 2.05) is 19.1 Å². The van der Waals surface area contributed by atoms with E-state index in [0.29, 0.717) is 17.9 Å². The van der Waals surface area contributed by atoms with Crippen LogP contribution >= 0.6 is 0 Å². The van der Waals surface area contributed by atoms with Crippen molar-refractivity contribution in [1.82, 2.24) is 5.32 Å². The maximum Gasteiger partial charge on any atom is 0.244 e. The average Bonchev–Trinajstić information content (AvgIpc) is 3.03. The van der Waals surface area contributed by atoms with Crippen molar-refractivity contribution in [2.45, 2.75) is 32.9 Å². The Hall–Kier alpha value is -2.28. The summed E-state index contributed by atoms with van der Waals surface area (Å²) in [6, 6.07) is 9.71. The van der Waals surface area contributed by atoms with Crippen LogP contribution in [0.2, 0.25) is 0 Å². The summed E-state index contributed by atoms with van der Waals surface area (Å²) < 4.78 is 30.9. The van der Waals surface area contributed by atoms with E-state index in [0.717, 1.165) is 11.8 Å². The minimum atomic E-state index is -3.61. The topological polar surface area (TPSA) is 79.6 Å². The minimum Gasteiger partial charge on any atom is -0.467 e. The van der Waals surface area contributed by atoms with Crippen LogP contribution in [0.15, 0.2) is 47.1 Å². The third kappa shape index (κ3) is 4.38. The molecule has 0 spiro atoms. The van der Waals surface area contributed by atoms with Crippen molar-refractivity contribution in [2.24, 2.45) is 0 Å². The fraction of sp³-hybridized carbons (Fsp3) is 0.353. The van der Waals surface area contributed by atoms with Gasteiger partial charge in [0.15, 0.2) is 0 Å². The number of rotatable bonds is 7. The van der Waals surface area contributed by atoms with Gasteiger partial charge in [0.2, 0.25) is 15.9 Å². The predicted octanol–water partition coefficient (Wildman–Crippen LogP) is 2.45. The number of benzene rings is 1. The molecule has 24 heavy (non-hydrogen) atoms. The van der Waals surface area contributed by atoms with E-state index in [9.17, 15) is 13.2 Å². The van der Waals surface area contributed by atoms with Crippen molar-refractivity contribution in [3.05, 3.63) is 54.0 Å². The molecule has 0 bridgehead atoms. The standard InChI is InChI=1S/C17H22N2O4S/c1-4-16(17(20)18-12-15-6-5-11-23-15)19(24(3,21)22)14-9-7-13(2)8-10-14/h5-11,16H,4,12H2,1-3H3,(H,18,20). The number of aryl methyl sites for hydroxylation is 1. The first-order chi connectivity index (χ1) is 11.3. The fourth-order valence-corrected chi connectivity index (χ4v) is 3.67. The van der Waals surface area contributed by atoms with E-state index in [4.69, 9.17) is 4.42 Å². The molecule has 7 heteroatoms. The Labute approximate surface area is 142 Å². The Balaban J connectivity index is 2.25. The second-order valence-corrected chi connectivity index (χ2v) is 7.48. The van der Waals surface area contributed by atoms with Gasteiger partial charge in [-0.25, -0.2) is 8.42 Å². The summed E-state index contributed by atoms with van der Waals surface area (Å²) in [7, 11) is -3.61. The largest absolute Gasteiger partial charge is 0.467 e. The second-order valence-electron chi connectivity index (χ2n) is 5.62. The molecule has 130 valence electrons. The van der Waals surface area contributed by atoms with Gasteiger partial charge in [0.25, 0.3) is 0 Å². The Morgan fingerprint density at radius 1 is 1.25 bits per heavy atom. The van der Waals surface area contributed by atoms with Crippen LogP contribution in [0.4, 0.5) is 5.69 Å². The van der Waals surface area contributed by atoms with Crippen molar-refractivity contribution >= 4 is 21.6 Å². The van der Waals surface area contributed by atoms with E-state index in [-0.39, 0.29) is 12.5 Å². The average molecular weight is 350 g/mol. The number of carbonyl (C=O) groups excluding carboxylic acids is 1. The highest BCUT2D eigenvalue weighted by Crippen LogP contribution is 2.23. The summed E-state index contributed by atoms with van der Waals surface area (Å²) in [4.78, 5) is 12.5. The maximum absolute atomic E-state index is 12.5. The van der Waals surface area contributed by atoms with Gasteiger partial charge in [-0.05, 0) is 37.6 Å². The molecule has 0 radical (unpaired) electrons. The number of anilines is 1. The molecule has 0 saturated carbocycles. The normalized spacial score (nSPS) is 12.6. The van der Waals surface area contributed by atoms with E-state index >= 15 is 0 Å². The van der Waals surface area contributed by atoms with Crippen LogP contribution in [-0.4, -0.2) is 26.6 Å². The monoisotopic (exact) mass is 350 g/mol. The molecule has 0 aliphatic carbocycles. The second kappa shape index (κ2) is 7.53. The molecular formula is C17H22N2O4S. The molecule has 0 aliphatic heterocycles. The molecule has 1 aromatic heterocycles. The molecular weight excluding hydrogens is 328 g/mol. The van der Waals surface area contributed by atoms with Crippen molar-refractivity contribution in [2.75, 3.05) is 10.6 Å². The number of nitrogens with zero attached hydrogens (tertiary/aromatic N) is 1. The lowest BCUT2D eigenvalue weighted by Crippen LogP contribution is -2.49. The summed E-state index contributed by atoms with van der Waals surface area (Å²) in [5, 5.41) is 2.73. The Morgan fingerprint density at radius 3 is 2.42 bits per heavy atom. The van der Waals surface area contributed by atoms with Crippen LogP contribution in [0.25, 0.3) is 0 Å². The van der Waals surface area contributed by atoms with Crippen molar-refractivity contribution in [3.8, 4) is 0 Å². The summed E-state index contributed by atoms with van der Waals surface area (Å²) in [5.41, 5.74) is 1.49. The molecule has 0 aliphatic rings. The zero-order valence-corrected chi connectivity index (χ0v) is 14.8. The van der Waals surface area contributed by atoms with E-state index in [2.05, 4.69) is 5.32 Å². The molecule has 0 saturated heterocycles. The SMILES string of the molecule is CCC(C(=O)NCc1ccco1)N(c1ccc(C)cc1)S(C)(=O)=O. The number of nitrogens with one attached hydrogen (secondary N) is 1. The molecule has 2 aromatic rings. The third-order valence-corrected chi connectivity index (χ3v) is 4.82. The van der Waals surface area contributed by atoms with E-state index in [1.54, 1.807) is 31.2 Å². The van der Waals surface area contributed by atoms with Gasteiger partial charge < -0.3 is 9.73 Å². The van der Waals surface area contributed by atoms with Gasteiger partial charge >= 0.3 is 0 Å². The highest BCUT2D eigenvalue weighted by Gasteiger charge is 2.31. The van der Waals surface area contributed by atoms with Crippen LogP contribution in [-0.2, 0) is 21.4 Å². The van der Waals surface area contributed by atoms with Gasteiger partial charge in [0.1, 0.15) is 11.8 Å². The van der Waals surface area contributed by atoms with Gasteiger partial charge in [-0.15, -0.1) is 0 Å². The number of hydrogen-bond acceptors (Lipinski definition) is 4. The lowest BCUT2D eigenvalue weighted by Gasteiger charge is -2.30. The third-order valence-electron chi connectivity index (χ3n) is 3.64. The first kappa shape index (κ1) is 18.1. The Kier molecular flexibility index (Phi) is 5.66. The molecule has 6 nitrogen and oxygen atoms in total. The highest BCUT2D eigenvalue weighted by atomic mass is 32.2. The zero-order chi connectivity index (χ0) is 17.7. The Bertz CT molecular complexity index is 767. The van der Waals surface area contributed by atoms with Gasteiger partial charge in [0.05, 0.1) is 24.8 Å². The van der Waals surface area contributed by atoms with Crippen LogP contribution in [0.5, 0.6) is 0 Å². The Morgan fingerprint density at radius 2 is 1.92 bits per heavy atom. The summed E-state index contributed by atoms with van der Waals surface area (Å²) in [6.45, 7) is 3.92. The summed E-state index contributed by atoms with van der Waals surface area (Å²) in [5.74, 6) is 0.249.